The van der Waals surface area contributed by atoms with Crippen LogP contribution in [0.25, 0.3) is 10.9 Å². The van der Waals surface area contributed by atoms with E-state index in [-0.39, 0.29) is 0 Å². The Morgan fingerprint density at radius 1 is 1.11 bits per heavy atom. The van der Waals surface area contributed by atoms with Gasteiger partial charge < -0.3 is 4.98 Å². The molecule has 2 atom stereocenters. The lowest BCUT2D eigenvalue weighted by Gasteiger charge is -2.36. The van der Waals surface area contributed by atoms with E-state index < -0.39 is 10.8 Å². The van der Waals surface area contributed by atoms with Crippen molar-refractivity contribution in [2.75, 3.05) is 12.8 Å². The van der Waals surface area contributed by atoms with E-state index in [1.165, 1.54) is 52.4 Å². The van der Waals surface area contributed by atoms with Gasteiger partial charge in [-0.2, -0.15) is 0 Å². The SMILES string of the molecule is Cc1cc(C)c2[nH]ccc2c1CN1CCCCC1c1ccc(S(C)=O)cc1. The first kappa shape index (κ1) is 18.5. The highest BCUT2D eigenvalue weighted by Crippen LogP contribution is 2.35. The van der Waals surface area contributed by atoms with Gasteiger partial charge in [0.25, 0.3) is 0 Å². The monoisotopic (exact) mass is 380 g/mol. The van der Waals surface area contributed by atoms with Crippen LogP contribution in [-0.4, -0.2) is 26.9 Å². The molecule has 2 unspecified atom stereocenters. The van der Waals surface area contributed by atoms with Crippen LogP contribution in [0, 0.1) is 13.8 Å². The number of H-pyrrole nitrogens is 1. The van der Waals surface area contributed by atoms with Crippen molar-refractivity contribution >= 4 is 21.7 Å². The van der Waals surface area contributed by atoms with E-state index in [1.807, 2.05) is 12.1 Å². The molecule has 2 aromatic carbocycles. The molecule has 27 heavy (non-hydrogen) atoms. The number of fused-ring (bicyclic) bond motifs is 1. The highest BCUT2D eigenvalue weighted by molar-refractivity contribution is 7.84. The zero-order valence-electron chi connectivity index (χ0n) is 16.4. The van der Waals surface area contributed by atoms with Gasteiger partial charge in [-0.05, 0) is 73.7 Å². The number of nitrogens with one attached hydrogen (secondary N) is 1. The molecule has 1 aliphatic rings. The van der Waals surface area contributed by atoms with Gasteiger partial charge in [0.2, 0.25) is 0 Å². The fraction of sp³-hybridized carbons (Fsp3) is 0.391. The van der Waals surface area contributed by atoms with Crippen LogP contribution in [0.2, 0.25) is 0 Å². The number of rotatable bonds is 4. The summed E-state index contributed by atoms with van der Waals surface area (Å²) in [6, 6.07) is 13.4. The van der Waals surface area contributed by atoms with E-state index in [1.54, 1.807) is 6.26 Å². The Morgan fingerprint density at radius 3 is 2.63 bits per heavy atom. The number of aryl methyl sites for hydroxylation is 2. The molecule has 0 spiro atoms. The minimum atomic E-state index is -0.916. The Kier molecular flexibility index (Phi) is 5.20. The first-order chi connectivity index (χ1) is 13.0. The summed E-state index contributed by atoms with van der Waals surface area (Å²) in [5, 5.41) is 1.36. The van der Waals surface area contributed by atoms with Crippen LogP contribution in [0.15, 0.2) is 47.5 Å². The molecular weight excluding hydrogens is 352 g/mol. The summed E-state index contributed by atoms with van der Waals surface area (Å²) in [5.74, 6) is 0. The largest absolute Gasteiger partial charge is 0.361 e. The molecule has 0 amide bonds. The number of hydrogen-bond donors (Lipinski definition) is 1. The molecule has 3 aromatic rings. The van der Waals surface area contributed by atoms with Crippen LogP contribution >= 0.6 is 0 Å². The first-order valence-corrected chi connectivity index (χ1v) is 11.3. The number of hydrogen-bond acceptors (Lipinski definition) is 2. The second-order valence-corrected chi connectivity index (χ2v) is 9.14. The highest BCUT2D eigenvalue weighted by atomic mass is 32.2. The smallest absolute Gasteiger partial charge is 0.0498 e. The molecule has 4 heteroatoms. The number of aromatic amines is 1. The maximum atomic E-state index is 11.7. The number of piperidine rings is 1. The van der Waals surface area contributed by atoms with E-state index in [2.05, 4.69) is 54.2 Å². The molecule has 2 heterocycles. The molecule has 0 saturated carbocycles. The second-order valence-electron chi connectivity index (χ2n) is 7.76. The lowest BCUT2D eigenvalue weighted by Crippen LogP contribution is -2.33. The van der Waals surface area contributed by atoms with Gasteiger partial charge >= 0.3 is 0 Å². The molecule has 3 nitrogen and oxygen atoms in total. The second kappa shape index (κ2) is 7.61. The summed E-state index contributed by atoms with van der Waals surface area (Å²) in [4.78, 5) is 6.94. The van der Waals surface area contributed by atoms with Crippen molar-refractivity contribution in [2.24, 2.45) is 0 Å². The van der Waals surface area contributed by atoms with E-state index in [9.17, 15) is 4.21 Å². The van der Waals surface area contributed by atoms with Crippen molar-refractivity contribution in [2.45, 2.75) is 50.6 Å². The molecule has 1 N–H and O–H groups in total. The Morgan fingerprint density at radius 2 is 1.89 bits per heavy atom. The van der Waals surface area contributed by atoms with Crippen LogP contribution in [-0.2, 0) is 17.3 Å². The van der Waals surface area contributed by atoms with Gasteiger partial charge in [-0.1, -0.05) is 24.6 Å². The Hall–Kier alpha value is -1.91. The summed E-state index contributed by atoms with van der Waals surface area (Å²) >= 11 is 0. The van der Waals surface area contributed by atoms with Gasteiger partial charge in [-0.15, -0.1) is 0 Å². The molecule has 142 valence electrons. The summed E-state index contributed by atoms with van der Waals surface area (Å²) in [5.41, 5.74) is 6.74. The minimum Gasteiger partial charge on any atom is -0.361 e. The summed E-state index contributed by atoms with van der Waals surface area (Å²) in [6.45, 7) is 6.52. The first-order valence-electron chi connectivity index (χ1n) is 9.78. The maximum Gasteiger partial charge on any atom is 0.0498 e. The summed E-state index contributed by atoms with van der Waals surface area (Å²) < 4.78 is 11.7. The van der Waals surface area contributed by atoms with Crippen LogP contribution in [0.1, 0.15) is 47.6 Å². The van der Waals surface area contributed by atoms with Crippen molar-refractivity contribution in [1.29, 1.82) is 0 Å². The summed E-state index contributed by atoms with van der Waals surface area (Å²) in [7, 11) is -0.916. The Balaban J connectivity index is 1.66. The molecule has 0 bridgehead atoms. The third-order valence-corrected chi connectivity index (χ3v) is 6.88. The Bertz CT molecular complexity index is 974. The molecule has 4 rings (SSSR count). The van der Waals surface area contributed by atoms with Crippen molar-refractivity contribution < 1.29 is 4.21 Å². The lowest BCUT2D eigenvalue weighted by molar-refractivity contribution is 0.140. The zero-order chi connectivity index (χ0) is 19.0. The fourth-order valence-corrected chi connectivity index (χ4v) is 5.02. The van der Waals surface area contributed by atoms with Crippen LogP contribution in [0.4, 0.5) is 0 Å². The predicted octanol–water partition coefficient (Wildman–Crippen LogP) is 5.25. The quantitative estimate of drug-likeness (QED) is 0.671. The summed E-state index contributed by atoms with van der Waals surface area (Å²) in [6.07, 6.45) is 7.52. The minimum absolute atomic E-state index is 0.438. The topological polar surface area (TPSA) is 36.1 Å². The fourth-order valence-electron chi connectivity index (χ4n) is 4.50. The lowest BCUT2D eigenvalue weighted by atomic mass is 9.93. The van der Waals surface area contributed by atoms with E-state index in [4.69, 9.17) is 0 Å². The number of likely N-dealkylation sites (tertiary alicyclic amines) is 1. The standard InChI is InChI=1S/C23H28N2OS/c1-16-14-17(2)23-20(11-12-24-23)21(16)15-25-13-5-4-6-22(25)18-7-9-19(10-8-18)27(3)26/h7-12,14,22,24H,4-6,13,15H2,1-3H3. The third kappa shape index (κ3) is 3.61. The number of nitrogens with zero attached hydrogens (tertiary/aromatic N) is 1. The van der Waals surface area contributed by atoms with Crippen LogP contribution in [0.3, 0.4) is 0 Å². The predicted molar refractivity (Wildman–Crippen MR) is 114 cm³/mol. The average molecular weight is 381 g/mol. The van der Waals surface area contributed by atoms with Gasteiger partial charge in [0.05, 0.1) is 0 Å². The van der Waals surface area contributed by atoms with Gasteiger partial charge in [-0.3, -0.25) is 9.11 Å². The van der Waals surface area contributed by atoms with E-state index >= 15 is 0 Å². The van der Waals surface area contributed by atoms with Gasteiger partial charge in [0.1, 0.15) is 0 Å². The van der Waals surface area contributed by atoms with Crippen LogP contribution < -0.4 is 0 Å². The Labute approximate surface area is 164 Å². The van der Waals surface area contributed by atoms with E-state index in [0.29, 0.717) is 6.04 Å². The van der Waals surface area contributed by atoms with Gasteiger partial charge in [-0.25, -0.2) is 0 Å². The highest BCUT2D eigenvalue weighted by Gasteiger charge is 2.25. The normalized spacial score (nSPS) is 19.4. The zero-order valence-corrected chi connectivity index (χ0v) is 17.2. The molecular formula is C23H28N2OS. The van der Waals surface area contributed by atoms with Crippen molar-refractivity contribution in [3.8, 4) is 0 Å². The molecule has 1 fully saturated rings. The van der Waals surface area contributed by atoms with Crippen LogP contribution in [0.5, 0.6) is 0 Å². The molecule has 0 radical (unpaired) electrons. The van der Waals surface area contributed by atoms with Gasteiger partial charge in [0.15, 0.2) is 0 Å². The van der Waals surface area contributed by atoms with Crippen molar-refractivity contribution in [3.63, 3.8) is 0 Å². The van der Waals surface area contributed by atoms with Crippen molar-refractivity contribution in [1.82, 2.24) is 9.88 Å². The molecule has 0 aliphatic carbocycles. The number of benzene rings is 2. The average Bonchev–Trinajstić information content (AvgIpc) is 3.16. The molecule has 1 aromatic heterocycles. The number of aromatic nitrogens is 1. The maximum absolute atomic E-state index is 11.7. The molecule has 1 saturated heterocycles. The molecule has 1 aliphatic heterocycles. The van der Waals surface area contributed by atoms with Gasteiger partial charge in [0, 0.05) is 51.6 Å². The van der Waals surface area contributed by atoms with E-state index in [0.717, 1.165) is 18.0 Å². The van der Waals surface area contributed by atoms with Crippen molar-refractivity contribution in [3.05, 3.63) is 64.8 Å². The third-order valence-electron chi connectivity index (χ3n) is 5.95.